The highest BCUT2D eigenvalue weighted by molar-refractivity contribution is 9.10. The first-order valence-corrected chi connectivity index (χ1v) is 8.27. The first-order chi connectivity index (χ1) is 12.4. The van der Waals surface area contributed by atoms with Crippen molar-refractivity contribution in [3.63, 3.8) is 0 Å². The van der Waals surface area contributed by atoms with Crippen LogP contribution in [0, 0.1) is 16.0 Å². The van der Waals surface area contributed by atoms with Crippen LogP contribution < -0.4 is 9.75 Å². The molecule has 0 N–H and O–H groups in total. The lowest BCUT2D eigenvalue weighted by molar-refractivity contribution is -0.384. The summed E-state index contributed by atoms with van der Waals surface area (Å²) in [7, 11) is 0. The second-order valence-electron chi connectivity index (χ2n) is 5.48. The smallest absolute Gasteiger partial charge is 0.329 e. The molecule has 3 rings (SSSR count). The van der Waals surface area contributed by atoms with E-state index in [1.54, 1.807) is 31.2 Å². The molecule has 1 aliphatic heterocycles. The number of ether oxygens (including phenoxy) is 1. The summed E-state index contributed by atoms with van der Waals surface area (Å²) < 4.78 is 5.95. The minimum absolute atomic E-state index is 0.113. The minimum atomic E-state index is -1.16. The first kappa shape index (κ1) is 17.7. The predicted octanol–water partition coefficient (Wildman–Crippen LogP) is 3.30. The zero-order valence-corrected chi connectivity index (χ0v) is 15.0. The van der Waals surface area contributed by atoms with Crippen molar-refractivity contribution >= 4 is 44.9 Å². The van der Waals surface area contributed by atoms with Gasteiger partial charge in [0.15, 0.2) is 5.92 Å². The number of nitrogens with zero attached hydrogens (tertiary/aromatic N) is 3. The topological polar surface area (TPSA) is 102 Å². The van der Waals surface area contributed by atoms with Gasteiger partial charge < -0.3 is 4.74 Å². The molecule has 2 aromatic carbocycles. The number of carbonyl (C=O) groups is 2. The van der Waals surface area contributed by atoms with Gasteiger partial charge in [0.2, 0.25) is 0 Å². The molecule has 1 atom stereocenters. The summed E-state index contributed by atoms with van der Waals surface area (Å²) in [4.78, 5) is 35.1. The van der Waals surface area contributed by atoms with Crippen LogP contribution in [0.25, 0.3) is 0 Å². The lowest BCUT2D eigenvalue weighted by Crippen LogP contribution is -2.35. The van der Waals surface area contributed by atoms with Gasteiger partial charge in [-0.05, 0) is 37.3 Å². The van der Waals surface area contributed by atoms with E-state index in [0.717, 1.165) is 9.48 Å². The number of hydrazone groups is 1. The van der Waals surface area contributed by atoms with Crippen LogP contribution in [0.3, 0.4) is 0 Å². The molecule has 26 heavy (non-hydrogen) atoms. The Morgan fingerprint density at radius 2 is 1.96 bits per heavy atom. The summed E-state index contributed by atoms with van der Waals surface area (Å²) in [6.45, 7) is 1.57. The van der Waals surface area contributed by atoms with Gasteiger partial charge in [-0.2, -0.15) is 10.1 Å². The van der Waals surface area contributed by atoms with E-state index >= 15 is 0 Å². The Kier molecular flexibility index (Phi) is 4.81. The molecule has 0 saturated heterocycles. The average Bonchev–Trinajstić information content (AvgIpc) is 2.90. The van der Waals surface area contributed by atoms with Crippen molar-refractivity contribution in [2.45, 2.75) is 6.92 Å². The number of amides is 1. The summed E-state index contributed by atoms with van der Waals surface area (Å²) in [6.07, 6.45) is 0. The molecule has 0 fully saturated rings. The maximum Gasteiger partial charge on any atom is 0.329 e. The molecule has 1 heterocycles. The van der Waals surface area contributed by atoms with E-state index in [1.807, 2.05) is 0 Å². The molecule has 1 aliphatic rings. The van der Waals surface area contributed by atoms with Crippen LogP contribution in [0.5, 0.6) is 5.75 Å². The number of non-ortho nitro benzene ring substituents is 1. The van der Waals surface area contributed by atoms with Crippen molar-refractivity contribution in [2.24, 2.45) is 11.0 Å². The maximum atomic E-state index is 12.6. The van der Waals surface area contributed by atoms with Crippen LogP contribution in [0.15, 0.2) is 58.1 Å². The predicted molar refractivity (Wildman–Crippen MR) is 97.0 cm³/mol. The average molecular weight is 418 g/mol. The molecule has 132 valence electrons. The van der Waals surface area contributed by atoms with Crippen LogP contribution in [-0.2, 0) is 9.59 Å². The second kappa shape index (κ2) is 7.04. The number of hydrogen-bond donors (Lipinski definition) is 0. The number of hydrogen-bond acceptors (Lipinski definition) is 6. The van der Waals surface area contributed by atoms with E-state index in [2.05, 4.69) is 21.0 Å². The number of esters is 1. The van der Waals surface area contributed by atoms with Gasteiger partial charge in [-0.15, -0.1) is 0 Å². The molecule has 0 spiro atoms. The SMILES string of the molecule is CC1=NN(c2cccc(Br)c2)C(=O)C1C(=O)Oc1ccc([N+](=O)[O-])cc1. The number of nitro benzene ring substituents is 1. The van der Waals surface area contributed by atoms with Crippen LogP contribution >= 0.6 is 15.9 Å². The number of benzene rings is 2. The van der Waals surface area contributed by atoms with Crippen LogP contribution in [0.4, 0.5) is 11.4 Å². The minimum Gasteiger partial charge on any atom is -0.426 e. The molecule has 0 radical (unpaired) electrons. The molecule has 0 aromatic heterocycles. The molecule has 2 aromatic rings. The molecular formula is C17H12BrN3O5. The van der Waals surface area contributed by atoms with E-state index in [9.17, 15) is 19.7 Å². The van der Waals surface area contributed by atoms with E-state index in [-0.39, 0.29) is 11.4 Å². The third-order valence-corrected chi connectivity index (χ3v) is 4.18. The van der Waals surface area contributed by atoms with Gasteiger partial charge in [-0.3, -0.25) is 19.7 Å². The maximum absolute atomic E-state index is 12.6. The number of anilines is 1. The monoisotopic (exact) mass is 417 g/mol. The van der Waals surface area contributed by atoms with Gasteiger partial charge in [0.25, 0.3) is 11.6 Å². The number of carbonyl (C=O) groups excluding carboxylic acids is 2. The van der Waals surface area contributed by atoms with Gasteiger partial charge in [0.05, 0.1) is 16.3 Å². The third kappa shape index (κ3) is 3.47. The second-order valence-corrected chi connectivity index (χ2v) is 6.39. The summed E-state index contributed by atoms with van der Waals surface area (Å²) in [5, 5.41) is 16.0. The molecule has 1 unspecified atom stereocenters. The molecule has 1 amide bonds. The molecule has 0 bridgehead atoms. The Labute approximate surface area is 156 Å². The highest BCUT2D eigenvalue weighted by atomic mass is 79.9. The Morgan fingerprint density at radius 3 is 2.58 bits per heavy atom. The third-order valence-electron chi connectivity index (χ3n) is 3.69. The standard InChI is InChI=1S/C17H12BrN3O5/c1-10-15(16(22)20(19-10)13-4-2-3-11(18)9-13)17(23)26-14-7-5-12(6-8-14)21(24)25/h2-9,15H,1H3. The lowest BCUT2D eigenvalue weighted by Gasteiger charge is -2.14. The molecule has 9 heteroatoms. The fraction of sp³-hybridized carbons (Fsp3) is 0.118. The Bertz CT molecular complexity index is 926. The highest BCUT2D eigenvalue weighted by Crippen LogP contribution is 2.27. The largest absolute Gasteiger partial charge is 0.426 e. The Morgan fingerprint density at radius 1 is 1.27 bits per heavy atom. The van der Waals surface area contributed by atoms with E-state index in [0.29, 0.717) is 11.4 Å². The first-order valence-electron chi connectivity index (χ1n) is 7.47. The van der Waals surface area contributed by atoms with Crippen molar-refractivity contribution in [1.82, 2.24) is 0 Å². The summed E-state index contributed by atoms with van der Waals surface area (Å²) >= 11 is 3.32. The van der Waals surface area contributed by atoms with E-state index < -0.39 is 22.7 Å². The fourth-order valence-corrected chi connectivity index (χ4v) is 2.83. The van der Waals surface area contributed by atoms with Crippen molar-refractivity contribution in [3.05, 3.63) is 63.1 Å². The summed E-state index contributed by atoms with van der Waals surface area (Å²) in [5.74, 6) is -2.36. The summed E-state index contributed by atoms with van der Waals surface area (Å²) in [5.41, 5.74) is 0.705. The van der Waals surface area contributed by atoms with Crippen LogP contribution in [0.2, 0.25) is 0 Å². The van der Waals surface area contributed by atoms with Gasteiger partial charge in [0.1, 0.15) is 5.75 Å². The normalized spacial score (nSPS) is 16.4. The quantitative estimate of drug-likeness (QED) is 0.249. The molecular weight excluding hydrogens is 406 g/mol. The van der Waals surface area contributed by atoms with E-state index in [4.69, 9.17) is 4.74 Å². The lowest BCUT2D eigenvalue weighted by atomic mass is 10.1. The zero-order chi connectivity index (χ0) is 18.8. The number of halogens is 1. The Balaban J connectivity index is 1.77. The number of rotatable bonds is 4. The fourth-order valence-electron chi connectivity index (χ4n) is 2.44. The van der Waals surface area contributed by atoms with Gasteiger partial charge >= 0.3 is 5.97 Å². The molecule has 0 saturated carbocycles. The summed E-state index contributed by atoms with van der Waals surface area (Å²) in [6, 6.07) is 12.0. The molecule has 8 nitrogen and oxygen atoms in total. The highest BCUT2D eigenvalue weighted by Gasteiger charge is 2.41. The van der Waals surface area contributed by atoms with Crippen molar-refractivity contribution < 1.29 is 19.2 Å². The van der Waals surface area contributed by atoms with Crippen molar-refractivity contribution in [1.29, 1.82) is 0 Å². The van der Waals surface area contributed by atoms with E-state index in [1.165, 1.54) is 24.3 Å². The van der Waals surface area contributed by atoms with Crippen LogP contribution in [0.1, 0.15) is 6.92 Å². The number of nitro groups is 1. The zero-order valence-electron chi connectivity index (χ0n) is 13.5. The van der Waals surface area contributed by atoms with Gasteiger partial charge in [0, 0.05) is 16.6 Å². The Hall–Kier alpha value is -3.07. The molecule has 0 aliphatic carbocycles. The van der Waals surface area contributed by atoms with Crippen LogP contribution in [-0.4, -0.2) is 22.5 Å². The van der Waals surface area contributed by atoms with Crippen molar-refractivity contribution in [2.75, 3.05) is 5.01 Å². The van der Waals surface area contributed by atoms with Gasteiger partial charge in [-0.1, -0.05) is 22.0 Å². The van der Waals surface area contributed by atoms with Gasteiger partial charge in [-0.25, -0.2) is 0 Å². The van der Waals surface area contributed by atoms with Crippen molar-refractivity contribution in [3.8, 4) is 5.75 Å².